The topological polar surface area (TPSA) is 19.7 Å². The number of nitrogens with one attached hydrogen (secondary N) is 1. The van der Waals surface area contributed by atoms with Gasteiger partial charge in [0.05, 0.1) is 10.3 Å². The number of fused-ring (bicyclic) bond motifs is 7. The van der Waals surface area contributed by atoms with Crippen molar-refractivity contribution in [2.45, 2.75) is 46.4 Å². The molecule has 0 spiro atoms. The molecule has 9 aromatic rings. The van der Waals surface area contributed by atoms with Crippen LogP contribution in [-0.4, -0.2) is 4.98 Å². The maximum absolute atomic E-state index is 7.93. The number of hydrogen-bond donors (Lipinski definition) is 1. The Labute approximate surface area is 295 Å². The average Bonchev–Trinajstić information content (AvgIpc) is 3.71. The van der Waals surface area contributed by atoms with Crippen LogP contribution in [0.4, 0.5) is 0 Å². The molecular formula is C46H39N2S+. The predicted molar refractivity (Wildman–Crippen MR) is 212 cm³/mol. The molecule has 2 heterocycles. The van der Waals surface area contributed by atoms with Crippen molar-refractivity contribution in [2.24, 2.45) is 0 Å². The summed E-state index contributed by atoms with van der Waals surface area (Å²) in [5.41, 5.74) is 10.2. The minimum atomic E-state index is -2.14. The van der Waals surface area contributed by atoms with E-state index in [0.29, 0.717) is 17.4 Å². The lowest BCUT2D eigenvalue weighted by molar-refractivity contribution is -0.556. The lowest BCUT2D eigenvalue weighted by Crippen LogP contribution is -2.35. The third-order valence-electron chi connectivity index (χ3n) is 10.1. The number of hydrogen-bond acceptors (Lipinski definition) is 1. The fourth-order valence-electron chi connectivity index (χ4n) is 7.66. The van der Waals surface area contributed by atoms with Crippen LogP contribution in [-0.2, 0) is 0 Å². The van der Waals surface area contributed by atoms with E-state index in [2.05, 4.69) is 140 Å². The quantitative estimate of drug-likeness (QED) is 0.141. The molecule has 238 valence electrons. The minimum Gasteiger partial charge on any atom is -0.236 e. The van der Waals surface area contributed by atoms with E-state index in [1.807, 2.05) is 29.5 Å². The SMILES string of the molecule is [2H]C([2H])([2H])c1ccc2c(ccc3cc4sc5c(-c6[nH]c7ccccc7[n+]6-c6c(C(C)C)cc(-c7ccccc7)cc6C(C)C)cccc5c4cc32)c1. The van der Waals surface area contributed by atoms with Crippen LogP contribution in [0.1, 0.15) is 60.3 Å². The Morgan fingerprint density at radius 2 is 1.35 bits per heavy atom. The molecule has 7 aromatic carbocycles. The summed E-state index contributed by atoms with van der Waals surface area (Å²) in [6, 6.07) is 45.2. The Morgan fingerprint density at radius 3 is 2.10 bits per heavy atom. The molecule has 0 fully saturated rings. The monoisotopic (exact) mass is 654 g/mol. The van der Waals surface area contributed by atoms with E-state index >= 15 is 0 Å². The van der Waals surface area contributed by atoms with Crippen molar-refractivity contribution in [1.82, 2.24) is 4.98 Å². The van der Waals surface area contributed by atoms with Crippen LogP contribution in [0.3, 0.4) is 0 Å². The number of imidazole rings is 1. The number of rotatable bonds is 5. The summed E-state index contributed by atoms with van der Waals surface area (Å²) in [6.45, 7) is 7.08. The van der Waals surface area contributed by atoms with Gasteiger partial charge >= 0.3 is 0 Å². The number of para-hydroxylation sites is 2. The van der Waals surface area contributed by atoms with Gasteiger partial charge < -0.3 is 0 Å². The minimum absolute atomic E-state index is 0.295. The van der Waals surface area contributed by atoms with Crippen LogP contribution in [0.15, 0.2) is 127 Å². The Kier molecular flexibility index (Phi) is 6.22. The van der Waals surface area contributed by atoms with Crippen molar-refractivity contribution >= 4 is 64.1 Å². The number of nitrogens with zero attached hydrogens (tertiary/aromatic N) is 1. The van der Waals surface area contributed by atoms with Gasteiger partial charge in [0.1, 0.15) is 5.69 Å². The van der Waals surface area contributed by atoms with Crippen LogP contribution in [0.5, 0.6) is 0 Å². The van der Waals surface area contributed by atoms with E-state index in [9.17, 15) is 0 Å². The van der Waals surface area contributed by atoms with E-state index in [-0.39, 0.29) is 0 Å². The summed E-state index contributed by atoms with van der Waals surface area (Å²) in [4.78, 5) is 3.89. The summed E-state index contributed by atoms with van der Waals surface area (Å²) in [5, 5.41) is 6.72. The Balaban J connectivity index is 1.32. The van der Waals surface area contributed by atoms with Gasteiger partial charge in [-0.3, -0.25) is 0 Å². The second-order valence-corrected chi connectivity index (χ2v) is 14.9. The van der Waals surface area contributed by atoms with E-state index in [4.69, 9.17) is 4.11 Å². The molecule has 9 rings (SSSR count). The van der Waals surface area contributed by atoms with Crippen molar-refractivity contribution in [3.63, 3.8) is 0 Å². The summed E-state index contributed by atoms with van der Waals surface area (Å²) in [5.74, 6) is 1.66. The normalized spacial score (nSPS) is 13.3. The second kappa shape index (κ2) is 11.4. The smallest absolute Gasteiger partial charge is 0.236 e. The molecule has 0 aliphatic heterocycles. The highest BCUT2D eigenvalue weighted by atomic mass is 32.1. The van der Waals surface area contributed by atoms with Gasteiger partial charge in [0, 0.05) is 30.7 Å². The number of benzene rings is 7. The molecule has 0 radical (unpaired) electrons. The number of H-pyrrole nitrogens is 1. The highest BCUT2D eigenvalue weighted by Gasteiger charge is 2.30. The molecule has 2 nitrogen and oxygen atoms in total. The van der Waals surface area contributed by atoms with Gasteiger partial charge in [0.15, 0.2) is 11.0 Å². The molecule has 0 saturated heterocycles. The van der Waals surface area contributed by atoms with Gasteiger partial charge in [-0.2, -0.15) is 4.57 Å². The number of aryl methyl sites for hydroxylation is 1. The Morgan fingerprint density at radius 1 is 0.612 bits per heavy atom. The number of aromatic nitrogens is 2. The summed E-state index contributed by atoms with van der Waals surface area (Å²) in [7, 11) is 0. The number of aromatic amines is 1. The highest BCUT2D eigenvalue weighted by Crippen LogP contribution is 2.43. The molecule has 0 amide bonds. The Bertz CT molecular complexity index is 2810. The van der Waals surface area contributed by atoms with Gasteiger partial charge in [-0.15, -0.1) is 11.3 Å². The molecular weight excluding hydrogens is 613 g/mol. The summed E-state index contributed by atoms with van der Waals surface area (Å²) >= 11 is 1.84. The van der Waals surface area contributed by atoms with E-state index in [0.717, 1.165) is 38.4 Å². The zero-order valence-electron chi connectivity index (χ0n) is 31.1. The fourth-order valence-corrected chi connectivity index (χ4v) is 8.90. The van der Waals surface area contributed by atoms with Crippen molar-refractivity contribution in [3.05, 3.63) is 144 Å². The summed E-state index contributed by atoms with van der Waals surface area (Å²) < 4.78 is 28.7. The fraction of sp³-hybridized carbons (Fsp3) is 0.152. The zero-order valence-corrected chi connectivity index (χ0v) is 29.0. The van der Waals surface area contributed by atoms with E-state index in [1.165, 1.54) is 53.7 Å². The maximum atomic E-state index is 7.93. The van der Waals surface area contributed by atoms with E-state index < -0.39 is 6.85 Å². The van der Waals surface area contributed by atoms with Crippen molar-refractivity contribution in [2.75, 3.05) is 0 Å². The molecule has 0 aliphatic rings. The molecule has 3 heteroatoms. The maximum Gasteiger partial charge on any atom is 0.294 e. The van der Waals surface area contributed by atoms with Gasteiger partial charge in [-0.25, -0.2) is 4.98 Å². The van der Waals surface area contributed by atoms with Crippen LogP contribution in [0.25, 0.3) is 81.0 Å². The second-order valence-electron chi connectivity index (χ2n) is 13.9. The largest absolute Gasteiger partial charge is 0.294 e. The van der Waals surface area contributed by atoms with Crippen molar-refractivity contribution in [3.8, 4) is 28.2 Å². The third-order valence-corrected chi connectivity index (χ3v) is 11.3. The highest BCUT2D eigenvalue weighted by molar-refractivity contribution is 7.26. The summed E-state index contributed by atoms with van der Waals surface area (Å²) in [6.07, 6.45) is 0. The molecule has 0 bridgehead atoms. The first-order valence-electron chi connectivity index (χ1n) is 18.7. The molecule has 1 N–H and O–H groups in total. The number of thiophene rings is 1. The van der Waals surface area contributed by atoms with Crippen LogP contribution < -0.4 is 4.57 Å². The van der Waals surface area contributed by atoms with Gasteiger partial charge in [-0.1, -0.05) is 118 Å². The Hall–Kier alpha value is -5.25. The molecule has 0 atom stereocenters. The first-order chi connectivity index (χ1) is 25.1. The third kappa shape index (κ3) is 4.79. The van der Waals surface area contributed by atoms with Crippen LogP contribution in [0.2, 0.25) is 0 Å². The first kappa shape index (κ1) is 26.7. The molecule has 0 unspecified atom stereocenters. The average molecular weight is 655 g/mol. The van der Waals surface area contributed by atoms with Gasteiger partial charge in [0.25, 0.3) is 5.82 Å². The van der Waals surface area contributed by atoms with E-state index in [1.54, 1.807) is 6.07 Å². The van der Waals surface area contributed by atoms with Gasteiger partial charge in [-0.05, 0) is 93.8 Å². The zero-order chi connectivity index (χ0) is 35.9. The predicted octanol–water partition coefficient (Wildman–Crippen LogP) is 13.0. The molecule has 49 heavy (non-hydrogen) atoms. The van der Waals surface area contributed by atoms with Gasteiger partial charge in [0.2, 0.25) is 0 Å². The lowest BCUT2D eigenvalue weighted by Gasteiger charge is -2.20. The molecule has 2 aromatic heterocycles. The lowest BCUT2D eigenvalue weighted by atomic mass is 9.88. The van der Waals surface area contributed by atoms with Crippen molar-refractivity contribution in [1.29, 1.82) is 0 Å². The first-order valence-corrected chi connectivity index (χ1v) is 18.0. The van der Waals surface area contributed by atoms with Crippen molar-refractivity contribution < 1.29 is 8.68 Å². The van der Waals surface area contributed by atoms with Crippen LogP contribution in [0, 0.1) is 6.85 Å². The standard InChI is InChI=1S/C46H38N2S/c1-27(2)37-23-33(30-12-7-6-8-13-30)24-38(28(3)4)44(37)48-42-17-10-9-16-41(42)47-46(48)36-15-11-14-35-40-26-39-32(25-43(40)49-45(35)36)20-19-31-22-29(5)18-21-34(31)39/h6-28H,1-5H3/p+1/i5D3. The molecule has 0 aliphatic carbocycles. The van der Waals surface area contributed by atoms with Crippen LogP contribution >= 0.6 is 11.3 Å². The molecule has 0 saturated carbocycles.